The summed E-state index contributed by atoms with van der Waals surface area (Å²) < 4.78 is 16.8. The number of methoxy groups -OCH3 is 1. The fourth-order valence-electron chi connectivity index (χ4n) is 2.38. The van der Waals surface area contributed by atoms with Crippen molar-refractivity contribution in [3.63, 3.8) is 0 Å². The molecule has 0 saturated heterocycles. The van der Waals surface area contributed by atoms with Crippen molar-refractivity contribution in [1.29, 1.82) is 0 Å². The Hall–Kier alpha value is -3.13. The Labute approximate surface area is 151 Å². The van der Waals surface area contributed by atoms with Gasteiger partial charge in [0.1, 0.15) is 6.10 Å². The van der Waals surface area contributed by atoms with E-state index in [1.165, 1.54) is 20.1 Å². The lowest BCUT2D eigenvalue weighted by atomic mass is 10.0. The number of urea groups is 1. The van der Waals surface area contributed by atoms with E-state index in [1.807, 2.05) is 30.3 Å². The molecule has 0 aliphatic carbocycles. The Kier molecular flexibility index (Phi) is 6.51. The van der Waals surface area contributed by atoms with Crippen LogP contribution in [0.3, 0.4) is 0 Å². The third-order valence-corrected chi connectivity index (χ3v) is 3.46. The van der Waals surface area contributed by atoms with Gasteiger partial charge in [0, 0.05) is 20.1 Å². The number of hydrogen-bond acceptors (Lipinski definition) is 6. The molecule has 1 atom stereocenters. The standard InChI is InChI=1S/C18H21N3O5/c1-4-25-17(20-21-18(19)23)13-10-14(11(2)22)26-16(13)15(24-3)12-8-6-5-7-9-12/h5-10,15H,4H2,1-3H3,(H3,19,21,23). The highest BCUT2D eigenvalue weighted by molar-refractivity contribution is 5.99. The number of ether oxygens (including phenoxy) is 2. The molecule has 0 saturated carbocycles. The van der Waals surface area contributed by atoms with Crippen molar-refractivity contribution in [1.82, 2.24) is 5.43 Å². The van der Waals surface area contributed by atoms with E-state index in [0.717, 1.165) is 5.56 Å². The van der Waals surface area contributed by atoms with Crippen LogP contribution in [0.25, 0.3) is 0 Å². The minimum absolute atomic E-state index is 0.0653. The van der Waals surface area contributed by atoms with Gasteiger partial charge < -0.3 is 19.6 Å². The molecule has 1 aromatic carbocycles. The summed E-state index contributed by atoms with van der Waals surface area (Å²) in [5, 5.41) is 3.87. The predicted molar refractivity (Wildman–Crippen MR) is 94.9 cm³/mol. The van der Waals surface area contributed by atoms with Gasteiger partial charge in [-0.1, -0.05) is 30.3 Å². The number of nitrogens with one attached hydrogen (secondary N) is 1. The number of nitrogens with two attached hydrogens (primary N) is 1. The molecule has 0 radical (unpaired) electrons. The normalized spacial score (nSPS) is 12.5. The van der Waals surface area contributed by atoms with Crippen LogP contribution >= 0.6 is 0 Å². The minimum Gasteiger partial charge on any atom is -0.476 e. The van der Waals surface area contributed by atoms with Gasteiger partial charge >= 0.3 is 6.03 Å². The van der Waals surface area contributed by atoms with E-state index in [-0.39, 0.29) is 24.0 Å². The van der Waals surface area contributed by atoms with Crippen LogP contribution in [0.15, 0.2) is 45.9 Å². The molecule has 0 fully saturated rings. The van der Waals surface area contributed by atoms with Crippen molar-refractivity contribution in [2.75, 3.05) is 13.7 Å². The number of amides is 2. The molecular weight excluding hydrogens is 338 g/mol. The molecule has 8 heteroatoms. The molecule has 8 nitrogen and oxygen atoms in total. The third-order valence-electron chi connectivity index (χ3n) is 3.46. The Bertz CT molecular complexity index is 798. The molecule has 138 valence electrons. The van der Waals surface area contributed by atoms with Crippen LogP contribution in [0.4, 0.5) is 4.79 Å². The molecule has 26 heavy (non-hydrogen) atoms. The van der Waals surface area contributed by atoms with Crippen LogP contribution < -0.4 is 11.2 Å². The van der Waals surface area contributed by atoms with Crippen LogP contribution in [0.1, 0.15) is 47.4 Å². The predicted octanol–water partition coefficient (Wildman–Crippen LogP) is 2.58. The molecule has 0 spiro atoms. The highest BCUT2D eigenvalue weighted by atomic mass is 16.5. The average molecular weight is 359 g/mol. The number of hydrazone groups is 1. The summed E-state index contributed by atoms with van der Waals surface area (Å²) >= 11 is 0. The van der Waals surface area contributed by atoms with Crippen molar-refractivity contribution in [2.24, 2.45) is 10.8 Å². The molecule has 1 heterocycles. The van der Waals surface area contributed by atoms with E-state index < -0.39 is 12.1 Å². The van der Waals surface area contributed by atoms with Crippen LogP contribution in [-0.2, 0) is 9.47 Å². The second kappa shape index (κ2) is 8.82. The van der Waals surface area contributed by atoms with Crippen LogP contribution in [0, 0.1) is 0 Å². The Morgan fingerprint density at radius 1 is 1.31 bits per heavy atom. The molecule has 0 aliphatic rings. The summed E-state index contributed by atoms with van der Waals surface area (Å²) in [6, 6.07) is 10.0. The molecule has 1 unspecified atom stereocenters. The summed E-state index contributed by atoms with van der Waals surface area (Å²) in [5.41, 5.74) is 8.40. The van der Waals surface area contributed by atoms with E-state index in [9.17, 15) is 9.59 Å². The van der Waals surface area contributed by atoms with Crippen LogP contribution in [0.2, 0.25) is 0 Å². The maximum atomic E-state index is 11.8. The number of rotatable bonds is 7. The number of benzene rings is 1. The van der Waals surface area contributed by atoms with E-state index in [4.69, 9.17) is 19.6 Å². The fraction of sp³-hybridized carbons (Fsp3) is 0.278. The van der Waals surface area contributed by atoms with Gasteiger partial charge in [-0.25, -0.2) is 10.2 Å². The van der Waals surface area contributed by atoms with Crippen LogP contribution in [0.5, 0.6) is 0 Å². The molecule has 0 aliphatic heterocycles. The molecular formula is C18H21N3O5. The first-order chi connectivity index (χ1) is 12.5. The molecule has 2 aromatic rings. The van der Waals surface area contributed by atoms with E-state index in [0.29, 0.717) is 11.3 Å². The maximum Gasteiger partial charge on any atom is 0.332 e. The Balaban J connectivity index is 2.58. The summed E-state index contributed by atoms with van der Waals surface area (Å²) in [5.74, 6) is 0.261. The van der Waals surface area contributed by atoms with E-state index in [2.05, 4.69) is 10.5 Å². The number of carbonyl (C=O) groups is 2. The summed E-state index contributed by atoms with van der Waals surface area (Å²) in [6.45, 7) is 3.43. The van der Waals surface area contributed by atoms with E-state index in [1.54, 1.807) is 6.92 Å². The van der Waals surface area contributed by atoms with Crippen molar-refractivity contribution in [3.05, 3.63) is 59.0 Å². The number of primary amides is 1. The molecule has 0 bridgehead atoms. The zero-order valence-corrected chi connectivity index (χ0v) is 14.8. The largest absolute Gasteiger partial charge is 0.476 e. The van der Waals surface area contributed by atoms with Crippen molar-refractivity contribution in [3.8, 4) is 0 Å². The van der Waals surface area contributed by atoms with Crippen molar-refractivity contribution < 1.29 is 23.5 Å². The third kappa shape index (κ3) is 4.48. The first-order valence-electron chi connectivity index (χ1n) is 7.96. The van der Waals surface area contributed by atoms with Gasteiger partial charge in [0.05, 0.1) is 12.2 Å². The number of carbonyl (C=O) groups excluding carboxylic acids is 2. The minimum atomic E-state index is -0.842. The molecule has 1 aromatic heterocycles. The second-order valence-electron chi connectivity index (χ2n) is 5.30. The zero-order valence-electron chi connectivity index (χ0n) is 14.8. The van der Waals surface area contributed by atoms with Crippen LogP contribution in [-0.4, -0.2) is 31.4 Å². The first-order valence-corrected chi connectivity index (χ1v) is 7.96. The maximum absolute atomic E-state index is 11.8. The molecule has 2 amide bonds. The van der Waals surface area contributed by atoms with Gasteiger partial charge in [-0.2, -0.15) is 0 Å². The highest BCUT2D eigenvalue weighted by Crippen LogP contribution is 2.31. The lowest BCUT2D eigenvalue weighted by Crippen LogP contribution is -2.27. The lowest BCUT2D eigenvalue weighted by molar-refractivity contribution is 0.0955. The Morgan fingerprint density at radius 3 is 2.54 bits per heavy atom. The number of Topliss-reactive ketones (excluding diaryl/α,β-unsaturated/α-hetero) is 1. The zero-order chi connectivity index (χ0) is 19.1. The Morgan fingerprint density at radius 2 is 2.00 bits per heavy atom. The number of nitrogens with zero attached hydrogens (tertiary/aromatic N) is 1. The SMILES string of the molecule is CCOC(=NNC(N)=O)c1cc(C(C)=O)oc1C(OC)c1ccccc1. The van der Waals surface area contributed by atoms with Gasteiger partial charge in [-0.05, 0) is 12.5 Å². The quantitative estimate of drug-likeness (QED) is 0.341. The van der Waals surface area contributed by atoms with Crippen molar-refractivity contribution in [2.45, 2.75) is 20.0 Å². The lowest BCUT2D eigenvalue weighted by Gasteiger charge is -2.16. The van der Waals surface area contributed by atoms with Gasteiger partial charge in [0.15, 0.2) is 17.3 Å². The van der Waals surface area contributed by atoms with Gasteiger partial charge in [-0.15, -0.1) is 5.10 Å². The van der Waals surface area contributed by atoms with Gasteiger partial charge in [-0.3, -0.25) is 4.79 Å². The monoisotopic (exact) mass is 359 g/mol. The number of hydrogen-bond donors (Lipinski definition) is 2. The van der Waals surface area contributed by atoms with Crippen molar-refractivity contribution >= 4 is 17.7 Å². The number of furan rings is 1. The van der Waals surface area contributed by atoms with Gasteiger partial charge in [0.2, 0.25) is 5.90 Å². The van der Waals surface area contributed by atoms with E-state index >= 15 is 0 Å². The first kappa shape index (κ1) is 19.2. The summed E-state index contributed by atoms with van der Waals surface area (Å²) in [4.78, 5) is 22.8. The second-order valence-corrected chi connectivity index (χ2v) is 5.30. The summed E-state index contributed by atoms with van der Waals surface area (Å²) in [6.07, 6.45) is -0.599. The molecule has 2 rings (SSSR count). The number of ketones is 1. The topological polar surface area (TPSA) is 116 Å². The highest BCUT2D eigenvalue weighted by Gasteiger charge is 2.27. The smallest absolute Gasteiger partial charge is 0.332 e. The average Bonchev–Trinajstić information content (AvgIpc) is 3.05. The fourth-order valence-corrected chi connectivity index (χ4v) is 2.38. The molecule has 3 N–H and O–H groups in total. The summed E-state index contributed by atoms with van der Waals surface area (Å²) in [7, 11) is 1.52. The van der Waals surface area contributed by atoms with Gasteiger partial charge in [0.25, 0.3) is 0 Å².